The Bertz CT molecular complexity index is 1080. The quantitative estimate of drug-likeness (QED) is 0.594. The molecule has 27 heavy (non-hydrogen) atoms. The van der Waals surface area contributed by atoms with E-state index in [4.69, 9.17) is 16.3 Å². The van der Waals surface area contributed by atoms with Crippen molar-refractivity contribution >= 4 is 38.6 Å². The van der Waals surface area contributed by atoms with Gasteiger partial charge in [-0.15, -0.1) is 11.3 Å². The zero-order valence-corrected chi connectivity index (χ0v) is 16.9. The molecule has 0 atom stereocenters. The van der Waals surface area contributed by atoms with Crippen LogP contribution in [0.3, 0.4) is 0 Å². The van der Waals surface area contributed by atoms with Crippen LogP contribution in [-0.2, 0) is 10.0 Å². The standard InChI is InChI=1S/C18H16ClFN2O3S2/c1-3-25-17-7-4-12(16-10-26-11(2)21-16)8-18(17)27(23,24)22-15-6-5-13(20)9-14(15)19/h4-10,22H,3H2,1-2H3. The van der Waals surface area contributed by atoms with E-state index in [1.807, 2.05) is 12.3 Å². The van der Waals surface area contributed by atoms with Gasteiger partial charge in [0.05, 0.1) is 28.0 Å². The highest BCUT2D eigenvalue weighted by molar-refractivity contribution is 7.92. The van der Waals surface area contributed by atoms with Gasteiger partial charge in [-0.1, -0.05) is 11.6 Å². The van der Waals surface area contributed by atoms with E-state index < -0.39 is 15.8 Å². The van der Waals surface area contributed by atoms with Crippen LogP contribution in [0.1, 0.15) is 11.9 Å². The van der Waals surface area contributed by atoms with Crippen LogP contribution in [0.15, 0.2) is 46.7 Å². The van der Waals surface area contributed by atoms with Crippen molar-refractivity contribution in [3.8, 4) is 17.0 Å². The Labute approximate surface area is 165 Å². The third-order valence-corrected chi connectivity index (χ3v) is 6.10. The Kier molecular flexibility index (Phi) is 5.69. The molecule has 3 aromatic rings. The second kappa shape index (κ2) is 7.84. The Morgan fingerprint density at radius 1 is 1.26 bits per heavy atom. The van der Waals surface area contributed by atoms with Crippen LogP contribution in [0, 0.1) is 12.7 Å². The van der Waals surface area contributed by atoms with Gasteiger partial charge in [0, 0.05) is 10.9 Å². The number of nitrogens with one attached hydrogen (secondary N) is 1. The smallest absolute Gasteiger partial charge is 0.265 e. The van der Waals surface area contributed by atoms with Gasteiger partial charge in [-0.25, -0.2) is 17.8 Å². The lowest BCUT2D eigenvalue weighted by Gasteiger charge is -2.14. The zero-order valence-electron chi connectivity index (χ0n) is 14.5. The molecular weight excluding hydrogens is 411 g/mol. The van der Waals surface area contributed by atoms with Crippen LogP contribution in [0.2, 0.25) is 5.02 Å². The molecule has 9 heteroatoms. The first-order valence-electron chi connectivity index (χ1n) is 7.97. The van der Waals surface area contributed by atoms with Crippen LogP contribution >= 0.6 is 22.9 Å². The number of sulfonamides is 1. The molecule has 0 amide bonds. The lowest BCUT2D eigenvalue weighted by Crippen LogP contribution is -2.15. The average Bonchev–Trinajstić information content (AvgIpc) is 3.04. The molecule has 3 rings (SSSR count). The van der Waals surface area contributed by atoms with Gasteiger partial charge >= 0.3 is 0 Å². The van der Waals surface area contributed by atoms with Gasteiger partial charge in [-0.05, 0) is 50.2 Å². The van der Waals surface area contributed by atoms with E-state index in [0.29, 0.717) is 17.9 Å². The summed E-state index contributed by atoms with van der Waals surface area (Å²) in [5, 5.41) is 2.69. The highest BCUT2D eigenvalue weighted by Crippen LogP contribution is 2.33. The number of aromatic nitrogens is 1. The molecule has 0 aliphatic rings. The summed E-state index contributed by atoms with van der Waals surface area (Å²) in [6.45, 7) is 3.94. The van der Waals surface area contributed by atoms with E-state index in [0.717, 1.165) is 17.1 Å². The number of anilines is 1. The molecule has 0 aliphatic carbocycles. The molecule has 0 bridgehead atoms. The SMILES string of the molecule is CCOc1ccc(-c2csc(C)n2)cc1S(=O)(=O)Nc1ccc(F)cc1Cl. The third-order valence-electron chi connectivity index (χ3n) is 3.62. The highest BCUT2D eigenvalue weighted by Gasteiger charge is 2.22. The first kappa shape index (κ1) is 19.6. The fourth-order valence-corrected chi connectivity index (χ4v) is 4.56. The van der Waals surface area contributed by atoms with Crippen LogP contribution < -0.4 is 9.46 Å². The van der Waals surface area contributed by atoms with Crippen LogP contribution in [0.5, 0.6) is 5.75 Å². The number of rotatable bonds is 6. The summed E-state index contributed by atoms with van der Waals surface area (Å²) < 4.78 is 47.0. The predicted molar refractivity (Wildman–Crippen MR) is 106 cm³/mol. The summed E-state index contributed by atoms with van der Waals surface area (Å²) in [5.74, 6) is -0.349. The highest BCUT2D eigenvalue weighted by atomic mass is 35.5. The predicted octanol–water partition coefficient (Wildman–Crippen LogP) is 5.11. The van der Waals surface area contributed by atoms with E-state index in [1.165, 1.54) is 23.5 Å². The van der Waals surface area contributed by atoms with Crippen LogP contribution in [-0.4, -0.2) is 20.0 Å². The molecule has 1 heterocycles. The number of benzene rings is 2. The lowest BCUT2D eigenvalue weighted by molar-refractivity contribution is 0.331. The summed E-state index contributed by atoms with van der Waals surface area (Å²) in [6, 6.07) is 8.28. The van der Waals surface area contributed by atoms with Crippen molar-refractivity contribution in [2.24, 2.45) is 0 Å². The third kappa shape index (κ3) is 4.40. The zero-order chi connectivity index (χ0) is 19.6. The Balaban J connectivity index is 2.06. The fourth-order valence-electron chi connectivity index (χ4n) is 2.42. The Hall–Kier alpha value is -2.16. The fraction of sp³-hybridized carbons (Fsp3) is 0.167. The molecule has 1 N–H and O–H groups in total. The number of hydrogen-bond acceptors (Lipinski definition) is 5. The summed E-state index contributed by atoms with van der Waals surface area (Å²) >= 11 is 7.42. The summed E-state index contributed by atoms with van der Waals surface area (Å²) in [6.07, 6.45) is 0. The van der Waals surface area contributed by atoms with Crippen molar-refractivity contribution in [1.82, 2.24) is 4.98 Å². The van der Waals surface area contributed by atoms with Crippen LogP contribution in [0.25, 0.3) is 11.3 Å². The molecule has 0 radical (unpaired) electrons. The number of ether oxygens (including phenoxy) is 1. The molecule has 1 aromatic heterocycles. The number of aryl methyl sites for hydroxylation is 1. The topological polar surface area (TPSA) is 68.3 Å². The maximum atomic E-state index is 13.2. The number of nitrogens with zero attached hydrogens (tertiary/aromatic N) is 1. The van der Waals surface area contributed by atoms with Gasteiger partial charge < -0.3 is 4.74 Å². The largest absolute Gasteiger partial charge is 0.492 e. The molecule has 0 aliphatic heterocycles. The summed E-state index contributed by atoms with van der Waals surface area (Å²) in [7, 11) is -4.03. The minimum atomic E-state index is -4.03. The Morgan fingerprint density at radius 3 is 2.67 bits per heavy atom. The molecule has 0 spiro atoms. The van der Waals surface area contributed by atoms with Crippen molar-refractivity contribution in [3.05, 3.63) is 57.6 Å². The van der Waals surface area contributed by atoms with Crippen molar-refractivity contribution in [1.29, 1.82) is 0 Å². The molecule has 0 saturated heterocycles. The number of hydrogen-bond donors (Lipinski definition) is 1. The van der Waals surface area contributed by atoms with E-state index in [1.54, 1.807) is 19.1 Å². The van der Waals surface area contributed by atoms with Gasteiger partial charge in [0.15, 0.2) is 0 Å². The van der Waals surface area contributed by atoms with E-state index in [2.05, 4.69) is 9.71 Å². The molecular formula is C18H16ClFN2O3S2. The minimum Gasteiger partial charge on any atom is -0.492 e. The maximum absolute atomic E-state index is 13.2. The van der Waals surface area contributed by atoms with Crippen molar-refractivity contribution in [3.63, 3.8) is 0 Å². The number of halogens is 2. The average molecular weight is 427 g/mol. The van der Waals surface area contributed by atoms with E-state index in [-0.39, 0.29) is 21.4 Å². The van der Waals surface area contributed by atoms with E-state index >= 15 is 0 Å². The van der Waals surface area contributed by atoms with E-state index in [9.17, 15) is 12.8 Å². The first-order valence-corrected chi connectivity index (χ1v) is 10.7. The minimum absolute atomic E-state index is 0.0391. The van der Waals surface area contributed by atoms with Gasteiger partial charge in [0.25, 0.3) is 10.0 Å². The normalized spacial score (nSPS) is 11.4. The molecule has 0 saturated carbocycles. The molecule has 0 fully saturated rings. The van der Waals surface area contributed by atoms with Crippen molar-refractivity contribution in [2.45, 2.75) is 18.7 Å². The monoisotopic (exact) mass is 426 g/mol. The second-order valence-corrected chi connectivity index (χ2v) is 8.70. The first-order chi connectivity index (χ1) is 12.8. The van der Waals surface area contributed by atoms with Gasteiger partial charge in [-0.3, -0.25) is 4.72 Å². The van der Waals surface area contributed by atoms with Crippen molar-refractivity contribution in [2.75, 3.05) is 11.3 Å². The summed E-state index contributed by atoms with van der Waals surface area (Å²) in [4.78, 5) is 4.34. The van der Waals surface area contributed by atoms with Gasteiger partial charge in [0.1, 0.15) is 16.5 Å². The maximum Gasteiger partial charge on any atom is 0.265 e. The second-order valence-electron chi connectivity index (χ2n) is 5.58. The Morgan fingerprint density at radius 2 is 2.04 bits per heavy atom. The summed E-state index contributed by atoms with van der Waals surface area (Å²) in [5.41, 5.74) is 1.40. The molecule has 0 unspecified atom stereocenters. The molecule has 142 valence electrons. The van der Waals surface area contributed by atoms with Crippen molar-refractivity contribution < 1.29 is 17.5 Å². The van der Waals surface area contributed by atoms with Crippen LogP contribution in [0.4, 0.5) is 10.1 Å². The lowest BCUT2D eigenvalue weighted by atomic mass is 10.2. The molecule has 2 aromatic carbocycles. The molecule has 5 nitrogen and oxygen atoms in total. The number of thiazole rings is 1. The van der Waals surface area contributed by atoms with Gasteiger partial charge in [-0.2, -0.15) is 0 Å². The van der Waals surface area contributed by atoms with Gasteiger partial charge in [0.2, 0.25) is 0 Å².